The van der Waals surface area contributed by atoms with Gasteiger partial charge in [-0.2, -0.15) is 0 Å². The molecule has 0 fully saturated rings. The Morgan fingerprint density at radius 2 is 0.521 bits per heavy atom. The Kier molecular flexibility index (Phi) is 9.39. The summed E-state index contributed by atoms with van der Waals surface area (Å²) in [5.41, 5.74) is 24.8. The van der Waals surface area contributed by atoms with Gasteiger partial charge >= 0.3 is 0 Å². The minimum atomic E-state index is -0.0442. The molecule has 11 aromatic rings. The molecule has 0 aromatic heterocycles. The molecule has 0 saturated carbocycles. The van der Waals surface area contributed by atoms with E-state index in [1.807, 2.05) is 0 Å². The molecule has 0 amide bonds. The van der Waals surface area contributed by atoms with E-state index >= 15 is 0 Å². The van der Waals surface area contributed by atoms with Crippen molar-refractivity contribution in [1.29, 1.82) is 0 Å². The lowest BCUT2D eigenvalue weighted by molar-refractivity contribution is 1.21. The summed E-state index contributed by atoms with van der Waals surface area (Å²) in [4.78, 5) is 12.5. The molecule has 11 aromatic carbocycles. The van der Waals surface area contributed by atoms with E-state index in [2.05, 4.69) is 297 Å². The SMILES string of the molecule is c1ccc(N(c2ccccc2)c2cc3c4c(c2)N2c5cc(N(c6ccccc6)c6ccccc6)cc6c5B(c5ccccc5N6c5ccccc5)c5cccc(c52)B4c2ccccc2N3c2ccccc2)cc1. The topological polar surface area (TPSA) is 16.2 Å². The van der Waals surface area contributed by atoms with Crippen LogP contribution in [0.5, 0.6) is 0 Å². The maximum Gasteiger partial charge on any atom is 0.252 e. The van der Waals surface area contributed by atoms with Crippen LogP contribution in [0, 0.1) is 0 Å². The first-order valence-electron chi connectivity index (χ1n) is 25.3. The summed E-state index contributed by atoms with van der Waals surface area (Å²) in [5, 5.41) is 0. The molecule has 4 aliphatic rings. The fraction of sp³-hybridized carbons (Fsp3) is 0. The van der Waals surface area contributed by atoms with Gasteiger partial charge in [-0.1, -0.05) is 164 Å². The van der Waals surface area contributed by atoms with Crippen LogP contribution in [0.4, 0.5) is 85.3 Å². The van der Waals surface area contributed by atoms with Gasteiger partial charge in [0.1, 0.15) is 0 Å². The van der Waals surface area contributed by atoms with Gasteiger partial charge in [0.25, 0.3) is 13.4 Å². The smallest absolute Gasteiger partial charge is 0.252 e. The first-order valence-corrected chi connectivity index (χ1v) is 25.3. The molecule has 0 bridgehead atoms. The second-order valence-electron chi connectivity index (χ2n) is 19.3. The number of hydrogen-bond donors (Lipinski definition) is 0. The van der Waals surface area contributed by atoms with Crippen LogP contribution < -0.4 is 57.3 Å². The minimum Gasteiger partial charge on any atom is -0.312 e. The third-order valence-electron chi connectivity index (χ3n) is 15.3. The summed E-state index contributed by atoms with van der Waals surface area (Å²) >= 11 is 0. The standard InChI is InChI=1S/C66H45B2N5/c1-7-24-46(25-8-1)69(47-26-9-2-10-27-47)52-42-60-64-62(44-52)73-63-45-53(70(48-28-11-3-12-29-48)49-30-13-4-14-31-49)43-61-65(63)68(55-37-20-22-41-59(55)72(61)51-34-17-6-18-35-51)57-39-23-38-56(66(57)73)67(64)54-36-19-21-40-58(54)71(60)50-32-15-5-16-33-50/h1-45H. The fourth-order valence-corrected chi connectivity index (χ4v) is 12.5. The van der Waals surface area contributed by atoms with Gasteiger partial charge in [-0.3, -0.25) is 0 Å². The third-order valence-corrected chi connectivity index (χ3v) is 15.3. The summed E-state index contributed by atoms with van der Waals surface area (Å²) in [6.07, 6.45) is 0. The van der Waals surface area contributed by atoms with Gasteiger partial charge in [0.15, 0.2) is 0 Å². The maximum absolute atomic E-state index is 2.67. The van der Waals surface area contributed by atoms with E-state index in [9.17, 15) is 0 Å². The van der Waals surface area contributed by atoms with E-state index in [4.69, 9.17) is 0 Å². The molecule has 0 N–H and O–H groups in total. The van der Waals surface area contributed by atoms with Gasteiger partial charge < -0.3 is 24.5 Å². The number of nitrogens with zero attached hydrogens (tertiary/aromatic N) is 5. The van der Waals surface area contributed by atoms with Crippen LogP contribution in [0.1, 0.15) is 0 Å². The van der Waals surface area contributed by atoms with Crippen molar-refractivity contribution in [3.05, 3.63) is 273 Å². The number of fused-ring (bicyclic) bond motifs is 8. The Morgan fingerprint density at radius 1 is 0.233 bits per heavy atom. The molecule has 0 radical (unpaired) electrons. The molecule has 0 spiro atoms. The van der Waals surface area contributed by atoms with Crippen LogP contribution in [0.3, 0.4) is 0 Å². The van der Waals surface area contributed by atoms with Crippen molar-refractivity contribution in [3.63, 3.8) is 0 Å². The van der Waals surface area contributed by atoms with Crippen LogP contribution in [0.25, 0.3) is 0 Å². The zero-order chi connectivity index (χ0) is 48.0. The highest BCUT2D eigenvalue weighted by Gasteiger charge is 2.50. The molecule has 0 atom stereocenters. The number of benzene rings is 11. The molecule has 4 aliphatic heterocycles. The predicted molar refractivity (Wildman–Crippen MR) is 309 cm³/mol. The lowest BCUT2D eigenvalue weighted by atomic mass is 9.29. The van der Waals surface area contributed by atoms with E-state index in [0.717, 1.165) is 56.9 Å². The zero-order valence-electron chi connectivity index (χ0n) is 39.9. The molecule has 4 heterocycles. The van der Waals surface area contributed by atoms with Crippen LogP contribution in [-0.2, 0) is 0 Å². The summed E-state index contributed by atoms with van der Waals surface area (Å²) in [6, 6.07) is 100. The molecule has 7 heteroatoms. The molecule has 0 saturated heterocycles. The predicted octanol–water partition coefficient (Wildman–Crippen LogP) is 13.3. The van der Waals surface area contributed by atoms with Crippen LogP contribution in [0.15, 0.2) is 273 Å². The van der Waals surface area contributed by atoms with E-state index in [1.54, 1.807) is 0 Å². The Bertz CT molecular complexity index is 3570. The monoisotopic (exact) mass is 929 g/mol. The highest BCUT2D eigenvalue weighted by Crippen LogP contribution is 2.52. The van der Waals surface area contributed by atoms with Crippen LogP contribution in [0.2, 0.25) is 0 Å². The van der Waals surface area contributed by atoms with Crippen molar-refractivity contribution in [2.75, 3.05) is 24.5 Å². The van der Waals surface area contributed by atoms with E-state index < -0.39 is 0 Å². The van der Waals surface area contributed by atoms with Crippen LogP contribution in [-0.4, -0.2) is 13.4 Å². The van der Waals surface area contributed by atoms with Gasteiger partial charge in [-0.05, 0) is 142 Å². The first kappa shape index (κ1) is 41.3. The maximum atomic E-state index is 2.67. The minimum absolute atomic E-state index is 0.0442. The van der Waals surface area contributed by atoms with Crippen molar-refractivity contribution >= 4 is 132 Å². The number of para-hydroxylation sites is 9. The largest absolute Gasteiger partial charge is 0.312 e. The Morgan fingerprint density at radius 3 is 0.877 bits per heavy atom. The Balaban J connectivity index is 1.10. The van der Waals surface area contributed by atoms with Crippen LogP contribution >= 0.6 is 0 Å². The Labute approximate surface area is 426 Å². The summed E-state index contributed by atoms with van der Waals surface area (Å²) < 4.78 is 0. The molecule has 0 aliphatic carbocycles. The van der Waals surface area contributed by atoms with Crippen molar-refractivity contribution in [1.82, 2.24) is 0 Å². The van der Waals surface area contributed by atoms with Crippen molar-refractivity contribution in [2.45, 2.75) is 0 Å². The van der Waals surface area contributed by atoms with Crippen molar-refractivity contribution in [2.24, 2.45) is 0 Å². The average Bonchev–Trinajstić information content (AvgIpc) is 3.46. The number of hydrogen-bond acceptors (Lipinski definition) is 5. The normalized spacial score (nSPS) is 13.1. The highest BCUT2D eigenvalue weighted by atomic mass is 15.2. The fourth-order valence-electron chi connectivity index (χ4n) is 12.5. The highest BCUT2D eigenvalue weighted by molar-refractivity contribution is 7.04. The van der Waals surface area contributed by atoms with E-state index in [0.29, 0.717) is 0 Å². The molecular formula is C66H45B2N5. The molecule has 340 valence electrons. The van der Waals surface area contributed by atoms with E-state index in [1.165, 1.54) is 61.2 Å². The average molecular weight is 930 g/mol. The first-order chi connectivity index (χ1) is 36.3. The summed E-state index contributed by atoms with van der Waals surface area (Å²) in [5.74, 6) is 0. The van der Waals surface area contributed by atoms with Crippen molar-refractivity contribution < 1.29 is 0 Å². The third kappa shape index (κ3) is 6.32. The quantitative estimate of drug-likeness (QED) is 0.141. The van der Waals surface area contributed by atoms with Gasteiger partial charge in [-0.25, -0.2) is 0 Å². The van der Waals surface area contributed by atoms with Gasteiger partial charge in [-0.15, -0.1) is 0 Å². The zero-order valence-corrected chi connectivity index (χ0v) is 39.9. The van der Waals surface area contributed by atoms with Gasteiger partial charge in [0.2, 0.25) is 0 Å². The second-order valence-corrected chi connectivity index (χ2v) is 19.3. The van der Waals surface area contributed by atoms with E-state index in [-0.39, 0.29) is 13.4 Å². The molecule has 0 unspecified atom stereocenters. The Hall–Kier alpha value is -9.45. The number of rotatable bonds is 8. The lowest BCUT2D eigenvalue weighted by Gasteiger charge is -2.50. The second kappa shape index (κ2) is 16.6. The molecular weight excluding hydrogens is 884 g/mol. The molecule has 15 rings (SSSR count). The summed E-state index contributed by atoms with van der Waals surface area (Å²) in [6.45, 7) is -0.0883. The number of anilines is 15. The van der Waals surface area contributed by atoms with Gasteiger partial charge in [0, 0.05) is 73.9 Å². The molecule has 73 heavy (non-hydrogen) atoms. The van der Waals surface area contributed by atoms with Gasteiger partial charge in [0.05, 0.1) is 11.4 Å². The van der Waals surface area contributed by atoms with Crippen molar-refractivity contribution in [3.8, 4) is 0 Å². The summed E-state index contributed by atoms with van der Waals surface area (Å²) in [7, 11) is 0. The lowest BCUT2D eigenvalue weighted by Crippen LogP contribution is -2.68. The molecule has 5 nitrogen and oxygen atoms in total.